The van der Waals surface area contributed by atoms with E-state index in [0.717, 1.165) is 0 Å². The van der Waals surface area contributed by atoms with E-state index in [4.69, 9.17) is 21.1 Å². The van der Waals surface area contributed by atoms with E-state index in [1.54, 1.807) is 43.1 Å². The fourth-order valence-corrected chi connectivity index (χ4v) is 4.78. The molecule has 3 aromatic rings. The van der Waals surface area contributed by atoms with E-state index in [2.05, 4.69) is 20.9 Å². The fraction of sp³-hybridized carbons (Fsp3) is 0.370. The second-order valence-electron chi connectivity index (χ2n) is 10.2. The number of rotatable bonds is 5. The number of amides is 2. The first-order valence-electron chi connectivity index (χ1n) is 12.0. The molecule has 0 radical (unpaired) electrons. The highest BCUT2D eigenvalue weighted by Gasteiger charge is 2.32. The molecule has 0 atom stereocenters. The van der Waals surface area contributed by atoms with Crippen LogP contribution in [0.15, 0.2) is 41.1 Å². The van der Waals surface area contributed by atoms with Crippen molar-refractivity contribution in [1.29, 1.82) is 0 Å². The Labute approximate surface area is 234 Å². The van der Waals surface area contributed by atoms with Crippen molar-refractivity contribution in [2.75, 3.05) is 13.6 Å². The second-order valence-corrected chi connectivity index (χ2v) is 11.3. The molecule has 0 fully saturated rings. The first kappa shape index (κ1) is 27.9. The maximum Gasteiger partial charge on any atom is 0.410 e. The number of aryl methyl sites for hydroxylation is 1. The summed E-state index contributed by atoms with van der Waals surface area (Å²) in [5.41, 5.74) is 1.40. The highest BCUT2D eigenvalue weighted by molar-refractivity contribution is 9.10. The van der Waals surface area contributed by atoms with Crippen molar-refractivity contribution in [3.63, 3.8) is 0 Å². The molecule has 0 saturated carbocycles. The molecule has 0 bridgehead atoms. The molecular weight excluding hydrogens is 579 g/mol. The quantitative estimate of drug-likeness (QED) is 0.328. The van der Waals surface area contributed by atoms with Crippen molar-refractivity contribution in [1.82, 2.24) is 19.4 Å². The van der Waals surface area contributed by atoms with Crippen LogP contribution in [-0.2, 0) is 24.4 Å². The molecule has 1 aliphatic heterocycles. The largest absolute Gasteiger partial charge is 0.457 e. The zero-order valence-corrected chi connectivity index (χ0v) is 24.2. The summed E-state index contributed by atoms with van der Waals surface area (Å²) < 4.78 is 27.6. The molecule has 1 aromatic heterocycles. The van der Waals surface area contributed by atoms with Gasteiger partial charge in [0.1, 0.15) is 22.9 Å². The van der Waals surface area contributed by atoms with Crippen LogP contribution in [0.4, 0.5) is 9.18 Å². The zero-order chi connectivity index (χ0) is 27.8. The maximum absolute atomic E-state index is 13.7. The Kier molecular flexibility index (Phi) is 8.04. The smallest absolute Gasteiger partial charge is 0.410 e. The van der Waals surface area contributed by atoms with Crippen molar-refractivity contribution >= 4 is 39.5 Å². The Hall–Kier alpha value is -3.11. The number of hydrogen-bond donors (Lipinski definition) is 0. The molecule has 2 amide bonds. The standard InChI is InChI=1S/C27H29BrClFN4O4/c1-16-12-19(8-9-20(16)30)37-22-13-18(29)7-6-17(22)14-32(5)24(35)23-21-15-33(26(36)38-27(2,3)4)10-11-34(21)25(28)31-23/h6-9,12-13H,10-11,14-15H2,1-5H3. The van der Waals surface area contributed by atoms with Gasteiger partial charge in [0.15, 0.2) is 10.4 Å². The van der Waals surface area contributed by atoms with E-state index in [1.165, 1.54) is 17.0 Å². The summed E-state index contributed by atoms with van der Waals surface area (Å²) in [6, 6.07) is 9.62. The Morgan fingerprint density at radius 2 is 1.92 bits per heavy atom. The molecule has 8 nitrogen and oxygen atoms in total. The lowest BCUT2D eigenvalue weighted by Crippen LogP contribution is -2.42. The van der Waals surface area contributed by atoms with Gasteiger partial charge in [0.05, 0.1) is 12.2 Å². The molecule has 1 aliphatic rings. The number of carbonyl (C=O) groups excluding carboxylic acids is 2. The lowest BCUT2D eigenvalue weighted by Gasteiger charge is -2.31. The number of aromatic nitrogens is 2. The summed E-state index contributed by atoms with van der Waals surface area (Å²) in [5.74, 6) is 0.265. The van der Waals surface area contributed by atoms with Crippen LogP contribution in [0.2, 0.25) is 5.02 Å². The minimum atomic E-state index is -0.626. The Balaban J connectivity index is 1.55. The Morgan fingerprint density at radius 1 is 1.18 bits per heavy atom. The van der Waals surface area contributed by atoms with Gasteiger partial charge >= 0.3 is 6.09 Å². The molecule has 0 N–H and O–H groups in total. The number of imidazole rings is 1. The summed E-state index contributed by atoms with van der Waals surface area (Å²) in [4.78, 5) is 33.8. The summed E-state index contributed by atoms with van der Waals surface area (Å²) >= 11 is 9.66. The SMILES string of the molecule is Cc1cc(Oc2cc(Cl)ccc2CN(C)C(=O)c2nc(Br)n3c2CN(C(=O)OC(C)(C)C)CC3)ccc1F. The van der Waals surface area contributed by atoms with E-state index in [1.807, 2.05) is 25.3 Å². The predicted octanol–water partition coefficient (Wildman–Crippen LogP) is 6.56. The normalized spacial score (nSPS) is 13.2. The van der Waals surface area contributed by atoms with Crippen LogP contribution < -0.4 is 4.74 Å². The highest BCUT2D eigenvalue weighted by Crippen LogP contribution is 2.31. The van der Waals surface area contributed by atoms with Crippen molar-refractivity contribution in [2.45, 2.75) is 52.9 Å². The van der Waals surface area contributed by atoms with E-state index < -0.39 is 11.7 Å². The van der Waals surface area contributed by atoms with Crippen LogP contribution in [-0.4, -0.2) is 50.5 Å². The number of hydrogen-bond acceptors (Lipinski definition) is 5. The fourth-order valence-electron chi connectivity index (χ4n) is 4.05. The van der Waals surface area contributed by atoms with Crippen molar-refractivity contribution < 1.29 is 23.5 Å². The predicted molar refractivity (Wildman–Crippen MR) is 145 cm³/mol. The number of carbonyl (C=O) groups is 2. The molecular formula is C27H29BrClFN4O4. The molecule has 0 spiro atoms. The first-order chi connectivity index (χ1) is 17.8. The van der Waals surface area contributed by atoms with E-state index in [-0.39, 0.29) is 30.5 Å². The summed E-state index contributed by atoms with van der Waals surface area (Å²) in [6.07, 6.45) is -0.438. The van der Waals surface area contributed by atoms with E-state index in [9.17, 15) is 14.0 Å². The number of benzene rings is 2. The average molecular weight is 608 g/mol. The molecule has 0 unspecified atom stereocenters. The van der Waals surface area contributed by atoms with Crippen molar-refractivity contribution in [3.05, 3.63) is 74.5 Å². The highest BCUT2D eigenvalue weighted by atomic mass is 79.9. The van der Waals surface area contributed by atoms with Crippen molar-refractivity contribution in [3.8, 4) is 11.5 Å². The summed E-state index contributed by atoms with van der Waals surface area (Å²) in [7, 11) is 1.66. The van der Waals surface area contributed by atoms with Gasteiger partial charge < -0.3 is 23.8 Å². The molecule has 0 aliphatic carbocycles. The zero-order valence-electron chi connectivity index (χ0n) is 21.8. The average Bonchev–Trinajstić information content (AvgIpc) is 3.17. The lowest BCUT2D eigenvalue weighted by atomic mass is 10.1. The number of fused-ring (bicyclic) bond motifs is 1. The first-order valence-corrected chi connectivity index (χ1v) is 13.2. The molecule has 2 heterocycles. The second kappa shape index (κ2) is 10.9. The van der Waals surface area contributed by atoms with Crippen LogP contribution >= 0.6 is 27.5 Å². The minimum absolute atomic E-state index is 0.196. The van der Waals surface area contributed by atoms with Gasteiger partial charge in [-0.3, -0.25) is 4.79 Å². The van der Waals surface area contributed by atoms with E-state index in [0.29, 0.717) is 51.2 Å². The topological polar surface area (TPSA) is 76.9 Å². The third-order valence-corrected chi connectivity index (χ3v) is 6.80. The Bertz CT molecular complexity index is 1390. The molecule has 2 aromatic carbocycles. The molecule has 0 saturated heterocycles. The van der Waals surface area contributed by atoms with Gasteiger partial charge in [-0.05, 0) is 79.5 Å². The van der Waals surface area contributed by atoms with Crippen LogP contribution in [0.1, 0.15) is 48.1 Å². The molecule has 11 heteroatoms. The van der Waals surface area contributed by atoms with Gasteiger partial charge in [0, 0.05) is 37.3 Å². The summed E-state index contributed by atoms with van der Waals surface area (Å²) in [6.45, 7) is 8.40. The van der Waals surface area contributed by atoms with Crippen LogP contribution in [0.25, 0.3) is 0 Å². The minimum Gasteiger partial charge on any atom is -0.457 e. The van der Waals surface area contributed by atoms with Gasteiger partial charge in [0.2, 0.25) is 0 Å². The van der Waals surface area contributed by atoms with Crippen molar-refractivity contribution in [2.24, 2.45) is 0 Å². The number of ether oxygens (including phenoxy) is 2. The van der Waals surface area contributed by atoms with Gasteiger partial charge in [0.25, 0.3) is 5.91 Å². The molecule has 202 valence electrons. The maximum atomic E-state index is 13.7. The van der Waals surface area contributed by atoms with Gasteiger partial charge in [-0.25, -0.2) is 14.2 Å². The third-order valence-electron chi connectivity index (χ3n) is 5.96. The number of nitrogens with zero attached hydrogens (tertiary/aromatic N) is 4. The van der Waals surface area contributed by atoms with Gasteiger partial charge in [-0.2, -0.15) is 0 Å². The Morgan fingerprint density at radius 3 is 2.61 bits per heavy atom. The van der Waals surface area contributed by atoms with E-state index >= 15 is 0 Å². The van der Waals surface area contributed by atoms with Crippen LogP contribution in [0.5, 0.6) is 11.5 Å². The van der Waals surface area contributed by atoms with Crippen LogP contribution in [0.3, 0.4) is 0 Å². The summed E-state index contributed by atoms with van der Waals surface area (Å²) in [5, 5.41) is 0.464. The van der Waals surface area contributed by atoms with Gasteiger partial charge in [-0.1, -0.05) is 17.7 Å². The monoisotopic (exact) mass is 606 g/mol. The third kappa shape index (κ3) is 6.30. The number of halogens is 3. The lowest BCUT2D eigenvalue weighted by molar-refractivity contribution is 0.0196. The van der Waals surface area contributed by atoms with Crippen LogP contribution in [0, 0.1) is 12.7 Å². The molecule has 4 rings (SSSR count). The van der Waals surface area contributed by atoms with Gasteiger partial charge in [-0.15, -0.1) is 0 Å². The molecule has 38 heavy (non-hydrogen) atoms.